The van der Waals surface area contributed by atoms with E-state index in [-0.39, 0.29) is 22.7 Å². The monoisotopic (exact) mass is 466 g/mol. The smallest absolute Gasteiger partial charge is 0.319 e. The van der Waals surface area contributed by atoms with Crippen LogP contribution in [0.1, 0.15) is 44.9 Å². The fourth-order valence-electron chi connectivity index (χ4n) is 5.40. The van der Waals surface area contributed by atoms with Crippen LogP contribution >= 0.6 is 0 Å². The number of non-ortho nitro benzene ring substituents is 1. The van der Waals surface area contributed by atoms with E-state index < -0.39 is 0 Å². The number of methoxy groups -OCH3 is 1. The molecule has 0 bridgehead atoms. The van der Waals surface area contributed by atoms with Gasteiger partial charge in [0.2, 0.25) is 0 Å². The fourth-order valence-corrected chi connectivity index (χ4v) is 5.40. The number of piperidine rings is 1. The second-order valence-electron chi connectivity index (χ2n) is 9.44. The molecular formula is C26H34N4O4. The zero-order valence-electron chi connectivity index (χ0n) is 19.7. The number of carbonyl (C=O) groups excluding carboxylic acids is 1. The Morgan fingerprint density at radius 2 is 1.79 bits per heavy atom. The summed E-state index contributed by atoms with van der Waals surface area (Å²) in [6, 6.07) is 14.3. The molecule has 2 fully saturated rings. The number of anilines is 2. The third-order valence-corrected chi connectivity index (χ3v) is 7.15. The van der Waals surface area contributed by atoms with E-state index in [0.717, 1.165) is 62.3 Å². The van der Waals surface area contributed by atoms with Gasteiger partial charge >= 0.3 is 6.03 Å². The van der Waals surface area contributed by atoms with E-state index in [4.69, 9.17) is 4.74 Å². The number of nitrogens with one attached hydrogen (secondary N) is 2. The number of nitro benzene ring substituents is 1. The van der Waals surface area contributed by atoms with E-state index in [1.54, 1.807) is 19.2 Å². The number of rotatable bonds is 7. The first kappa shape index (κ1) is 23.9. The van der Waals surface area contributed by atoms with Gasteiger partial charge < -0.3 is 20.3 Å². The lowest BCUT2D eigenvalue weighted by Gasteiger charge is -2.39. The molecule has 2 aliphatic rings. The second kappa shape index (κ2) is 11.2. The van der Waals surface area contributed by atoms with E-state index >= 15 is 0 Å². The number of urea groups is 1. The minimum absolute atomic E-state index is 0.126. The number of hydrogen-bond donors (Lipinski definition) is 2. The molecule has 3 atom stereocenters. The maximum atomic E-state index is 12.7. The number of nitro groups is 1. The van der Waals surface area contributed by atoms with Gasteiger partial charge in [-0.25, -0.2) is 4.79 Å². The highest BCUT2D eigenvalue weighted by Gasteiger charge is 2.31. The number of nitrogens with zero attached hydrogens (tertiary/aromatic N) is 2. The summed E-state index contributed by atoms with van der Waals surface area (Å²) in [5.41, 5.74) is 1.92. The topological polar surface area (TPSA) is 96.7 Å². The van der Waals surface area contributed by atoms with Gasteiger partial charge in [-0.05, 0) is 80.3 Å². The highest BCUT2D eigenvalue weighted by atomic mass is 16.6. The summed E-state index contributed by atoms with van der Waals surface area (Å²) >= 11 is 0. The van der Waals surface area contributed by atoms with Crippen LogP contribution in [-0.2, 0) is 0 Å². The van der Waals surface area contributed by atoms with Crippen LogP contribution in [0.5, 0.6) is 5.75 Å². The highest BCUT2D eigenvalue weighted by Crippen LogP contribution is 2.34. The first-order valence-electron chi connectivity index (χ1n) is 12.2. The lowest BCUT2D eigenvalue weighted by atomic mass is 9.77. The summed E-state index contributed by atoms with van der Waals surface area (Å²) in [4.78, 5) is 25.6. The van der Waals surface area contributed by atoms with E-state index in [0.29, 0.717) is 11.8 Å². The van der Waals surface area contributed by atoms with Gasteiger partial charge in [0, 0.05) is 42.6 Å². The van der Waals surface area contributed by atoms with Crippen LogP contribution in [0.4, 0.5) is 21.9 Å². The summed E-state index contributed by atoms with van der Waals surface area (Å²) in [5.74, 6) is 1.78. The Morgan fingerprint density at radius 1 is 1.06 bits per heavy atom. The first-order chi connectivity index (χ1) is 16.5. The Morgan fingerprint density at radius 3 is 2.50 bits per heavy atom. The molecule has 8 nitrogen and oxygen atoms in total. The molecule has 1 saturated carbocycles. The first-order valence-corrected chi connectivity index (χ1v) is 12.2. The van der Waals surface area contributed by atoms with E-state index in [2.05, 4.69) is 15.5 Å². The van der Waals surface area contributed by atoms with Crippen LogP contribution < -0.4 is 20.3 Å². The Kier molecular flexibility index (Phi) is 7.87. The molecule has 4 rings (SSSR count). The van der Waals surface area contributed by atoms with Crippen LogP contribution in [0.2, 0.25) is 0 Å². The summed E-state index contributed by atoms with van der Waals surface area (Å²) in [6.07, 6.45) is 7.90. The van der Waals surface area contributed by atoms with Crippen molar-refractivity contribution in [3.63, 3.8) is 0 Å². The average Bonchev–Trinajstić information content (AvgIpc) is 2.86. The number of benzene rings is 2. The molecule has 2 aromatic rings. The van der Waals surface area contributed by atoms with Crippen molar-refractivity contribution in [3.8, 4) is 5.75 Å². The second-order valence-corrected chi connectivity index (χ2v) is 9.44. The van der Waals surface area contributed by atoms with Gasteiger partial charge in [0.25, 0.3) is 5.69 Å². The van der Waals surface area contributed by atoms with Gasteiger partial charge in [-0.1, -0.05) is 12.8 Å². The third-order valence-electron chi connectivity index (χ3n) is 7.15. The van der Waals surface area contributed by atoms with Gasteiger partial charge in [0.15, 0.2) is 0 Å². The Labute approximate surface area is 200 Å². The van der Waals surface area contributed by atoms with Crippen LogP contribution in [-0.4, -0.2) is 37.2 Å². The molecule has 8 heteroatoms. The number of amides is 2. The number of ether oxygens (including phenoxy) is 1. The van der Waals surface area contributed by atoms with Crippen molar-refractivity contribution in [2.75, 3.05) is 30.4 Å². The molecule has 0 radical (unpaired) electrons. The quantitative estimate of drug-likeness (QED) is 0.409. The van der Waals surface area contributed by atoms with Gasteiger partial charge in [-0.2, -0.15) is 0 Å². The van der Waals surface area contributed by atoms with Crippen LogP contribution in [0, 0.1) is 22.0 Å². The molecule has 2 N–H and O–H groups in total. The van der Waals surface area contributed by atoms with Crippen molar-refractivity contribution < 1.29 is 14.5 Å². The lowest BCUT2D eigenvalue weighted by molar-refractivity contribution is -0.384. The van der Waals surface area contributed by atoms with Crippen molar-refractivity contribution in [3.05, 3.63) is 58.6 Å². The fraction of sp³-hybridized carbons (Fsp3) is 0.500. The maximum Gasteiger partial charge on any atom is 0.319 e. The van der Waals surface area contributed by atoms with E-state index in [1.165, 1.54) is 12.8 Å². The molecule has 1 aliphatic heterocycles. The standard InChI is InChI=1S/C26H34N4O4/c1-34-24-14-8-21(9-15-24)27-26(31)28-25-7-3-2-6-20(25)17-19-5-4-16-29(18-19)22-10-12-23(13-11-22)30(32)33/h8-15,19-20,25H,2-7,16-18H2,1H3,(H2,27,28,31)/t19-,20+,25-/m1/s1. The minimum atomic E-state index is -0.357. The largest absolute Gasteiger partial charge is 0.497 e. The molecule has 2 aromatic carbocycles. The lowest BCUT2D eigenvalue weighted by Crippen LogP contribution is -2.45. The third kappa shape index (κ3) is 6.18. The van der Waals surface area contributed by atoms with Gasteiger partial charge in [-0.15, -0.1) is 0 Å². The van der Waals surface area contributed by atoms with Crippen LogP contribution in [0.25, 0.3) is 0 Å². The maximum absolute atomic E-state index is 12.7. The predicted octanol–water partition coefficient (Wildman–Crippen LogP) is 5.59. The van der Waals surface area contributed by atoms with E-state index in [9.17, 15) is 14.9 Å². The Bertz CT molecular complexity index is 964. The highest BCUT2D eigenvalue weighted by molar-refractivity contribution is 5.89. The molecular weight excluding hydrogens is 432 g/mol. The SMILES string of the molecule is COc1ccc(NC(=O)N[C@@H]2CCCC[C@H]2C[C@H]2CCCN(c3ccc([N+](=O)[O-])cc3)C2)cc1. The van der Waals surface area contributed by atoms with E-state index in [1.807, 2.05) is 36.4 Å². The van der Waals surface area contributed by atoms with Crippen LogP contribution in [0.15, 0.2) is 48.5 Å². The summed E-state index contributed by atoms with van der Waals surface area (Å²) in [6.45, 7) is 1.93. The molecule has 2 amide bonds. The molecule has 0 unspecified atom stereocenters. The Hall–Kier alpha value is -3.29. The minimum Gasteiger partial charge on any atom is -0.497 e. The number of carbonyl (C=O) groups is 1. The van der Waals surface area contributed by atoms with Crippen molar-refractivity contribution in [1.82, 2.24) is 5.32 Å². The molecule has 1 heterocycles. The molecule has 0 spiro atoms. The van der Waals surface area contributed by atoms with Crippen LogP contribution in [0.3, 0.4) is 0 Å². The predicted molar refractivity (Wildman–Crippen MR) is 134 cm³/mol. The molecule has 0 aromatic heterocycles. The molecule has 1 saturated heterocycles. The summed E-state index contributed by atoms with van der Waals surface area (Å²) in [7, 11) is 1.62. The zero-order valence-corrected chi connectivity index (χ0v) is 19.7. The molecule has 182 valence electrons. The van der Waals surface area contributed by atoms with Crippen molar-refractivity contribution >= 4 is 23.1 Å². The summed E-state index contributed by atoms with van der Waals surface area (Å²) < 4.78 is 5.17. The van der Waals surface area contributed by atoms with Crippen molar-refractivity contribution in [1.29, 1.82) is 0 Å². The van der Waals surface area contributed by atoms with Gasteiger partial charge in [-0.3, -0.25) is 10.1 Å². The average molecular weight is 467 g/mol. The Balaban J connectivity index is 1.32. The zero-order chi connectivity index (χ0) is 23.9. The number of hydrogen-bond acceptors (Lipinski definition) is 5. The summed E-state index contributed by atoms with van der Waals surface area (Å²) in [5, 5.41) is 17.1. The van der Waals surface area contributed by atoms with Crippen molar-refractivity contribution in [2.24, 2.45) is 11.8 Å². The van der Waals surface area contributed by atoms with Crippen molar-refractivity contribution in [2.45, 2.75) is 51.0 Å². The van der Waals surface area contributed by atoms with Gasteiger partial charge in [0.1, 0.15) is 5.75 Å². The normalized spacial score (nSPS) is 22.6. The van der Waals surface area contributed by atoms with Gasteiger partial charge in [0.05, 0.1) is 12.0 Å². The molecule has 1 aliphatic carbocycles. The molecule has 34 heavy (non-hydrogen) atoms.